The van der Waals surface area contributed by atoms with Gasteiger partial charge < -0.3 is 20.3 Å². The minimum Gasteiger partial charge on any atom is -0.497 e. The molecule has 0 radical (unpaired) electrons. The van der Waals surface area contributed by atoms with Gasteiger partial charge in [0.1, 0.15) is 5.75 Å². The molecule has 1 amide bonds. The van der Waals surface area contributed by atoms with Gasteiger partial charge in [-0.1, -0.05) is 12.1 Å². The molecule has 1 heterocycles. The van der Waals surface area contributed by atoms with Crippen LogP contribution in [0.3, 0.4) is 0 Å². The van der Waals surface area contributed by atoms with Gasteiger partial charge >= 0.3 is 0 Å². The number of halogens is 1. The molecule has 26 heavy (non-hydrogen) atoms. The Morgan fingerprint density at radius 2 is 2.04 bits per heavy atom. The number of hydrogen-bond acceptors (Lipinski definition) is 3. The van der Waals surface area contributed by atoms with Crippen molar-refractivity contribution in [3.63, 3.8) is 0 Å². The van der Waals surface area contributed by atoms with E-state index in [9.17, 15) is 4.79 Å². The second-order valence-electron chi connectivity index (χ2n) is 6.65. The average Bonchev–Trinajstić information content (AvgIpc) is 3.08. The number of nitrogens with zero attached hydrogens (tertiary/aromatic N) is 2. The molecule has 146 valence electrons. The van der Waals surface area contributed by atoms with Crippen LogP contribution in [0.15, 0.2) is 29.3 Å². The van der Waals surface area contributed by atoms with Gasteiger partial charge in [0.15, 0.2) is 5.96 Å². The van der Waals surface area contributed by atoms with E-state index in [1.54, 1.807) is 14.2 Å². The number of amides is 1. The molecule has 2 N–H and O–H groups in total. The van der Waals surface area contributed by atoms with E-state index in [0.717, 1.165) is 31.2 Å². The Labute approximate surface area is 173 Å². The Balaban J connectivity index is 0.00000338. The zero-order chi connectivity index (χ0) is 18.2. The number of ether oxygens (including phenoxy) is 1. The first-order chi connectivity index (χ1) is 12.0. The van der Waals surface area contributed by atoms with Gasteiger partial charge in [-0.25, -0.2) is 0 Å². The second kappa shape index (κ2) is 11.3. The largest absolute Gasteiger partial charge is 0.497 e. The molecule has 1 aliphatic rings. The van der Waals surface area contributed by atoms with E-state index in [1.807, 2.05) is 26.0 Å². The summed E-state index contributed by atoms with van der Waals surface area (Å²) < 4.78 is 5.22. The number of rotatable bonds is 6. The van der Waals surface area contributed by atoms with E-state index in [4.69, 9.17) is 4.74 Å². The Bertz CT molecular complexity index is 590. The van der Waals surface area contributed by atoms with Gasteiger partial charge in [-0.15, -0.1) is 24.0 Å². The second-order valence-corrected chi connectivity index (χ2v) is 6.65. The highest BCUT2D eigenvalue weighted by molar-refractivity contribution is 14.0. The van der Waals surface area contributed by atoms with Gasteiger partial charge in [-0.2, -0.15) is 0 Å². The smallest absolute Gasteiger partial charge is 0.221 e. The number of carbonyl (C=O) groups excluding carboxylic acids is 1. The Hall–Kier alpha value is -1.51. The fourth-order valence-corrected chi connectivity index (χ4v) is 3.12. The molecule has 0 aromatic heterocycles. The monoisotopic (exact) mass is 474 g/mol. The van der Waals surface area contributed by atoms with Crippen molar-refractivity contribution in [2.75, 3.05) is 33.8 Å². The summed E-state index contributed by atoms with van der Waals surface area (Å²) in [5.74, 6) is 2.31. The fraction of sp³-hybridized carbons (Fsp3) is 0.579. The highest BCUT2D eigenvalue weighted by atomic mass is 127. The minimum absolute atomic E-state index is 0. The van der Waals surface area contributed by atoms with E-state index in [1.165, 1.54) is 5.56 Å². The van der Waals surface area contributed by atoms with Crippen LogP contribution in [-0.4, -0.2) is 56.6 Å². The molecule has 1 fully saturated rings. The summed E-state index contributed by atoms with van der Waals surface area (Å²) in [6, 6.07) is 8.48. The zero-order valence-corrected chi connectivity index (χ0v) is 18.4. The van der Waals surface area contributed by atoms with E-state index in [-0.39, 0.29) is 35.9 Å². The van der Waals surface area contributed by atoms with E-state index in [2.05, 4.69) is 32.7 Å². The molecular formula is C19H31IN4O2. The van der Waals surface area contributed by atoms with Crippen LogP contribution in [0.5, 0.6) is 5.75 Å². The Morgan fingerprint density at radius 1 is 1.35 bits per heavy atom. The molecule has 1 unspecified atom stereocenters. The molecule has 1 aromatic carbocycles. The van der Waals surface area contributed by atoms with Crippen LogP contribution in [-0.2, 0) is 4.79 Å². The molecule has 2 rings (SSSR count). The number of methoxy groups -OCH3 is 1. The average molecular weight is 474 g/mol. The Morgan fingerprint density at radius 3 is 2.62 bits per heavy atom. The number of carbonyl (C=O) groups is 1. The first-order valence-electron chi connectivity index (χ1n) is 8.92. The first kappa shape index (κ1) is 22.5. The first-order valence-corrected chi connectivity index (χ1v) is 8.92. The van der Waals surface area contributed by atoms with Crippen molar-refractivity contribution in [2.45, 2.75) is 38.6 Å². The lowest BCUT2D eigenvalue weighted by Gasteiger charge is -2.22. The van der Waals surface area contributed by atoms with Crippen LogP contribution in [0.25, 0.3) is 0 Å². The Kier molecular flexibility index (Phi) is 9.75. The van der Waals surface area contributed by atoms with Crippen molar-refractivity contribution in [3.05, 3.63) is 29.8 Å². The minimum atomic E-state index is 0. The quantitative estimate of drug-likeness (QED) is 0.378. The maximum atomic E-state index is 11.7. The van der Waals surface area contributed by atoms with Crippen molar-refractivity contribution in [1.82, 2.24) is 15.5 Å². The van der Waals surface area contributed by atoms with Gasteiger partial charge in [0, 0.05) is 45.1 Å². The predicted octanol–water partition coefficient (Wildman–Crippen LogP) is 2.59. The van der Waals surface area contributed by atoms with Crippen molar-refractivity contribution in [3.8, 4) is 5.75 Å². The third-order valence-corrected chi connectivity index (χ3v) is 4.37. The zero-order valence-electron chi connectivity index (χ0n) is 16.1. The van der Waals surface area contributed by atoms with Crippen LogP contribution in [0, 0.1) is 0 Å². The highest BCUT2D eigenvalue weighted by Crippen LogP contribution is 2.28. The number of aliphatic imine (C=N–C) groups is 1. The van der Waals surface area contributed by atoms with Crippen LogP contribution in [0.4, 0.5) is 0 Å². The number of nitrogens with one attached hydrogen (secondary N) is 2. The summed E-state index contributed by atoms with van der Waals surface area (Å²) in [7, 11) is 3.47. The maximum absolute atomic E-state index is 11.7. The molecule has 0 spiro atoms. The summed E-state index contributed by atoms with van der Waals surface area (Å²) in [6.07, 6.45) is 1.55. The van der Waals surface area contributed by atoms with E-state index >= 15 is 0 Å². The summed E-state index contributed by atoms with van der Waals surface area (Å²) in [6.45, 7) is 6.43. The SMILES string of the molecule is CN=C(NCCC(=O)NC(C)C)N1CCC(c2ccc(OC)cc2)C1.I. The molecular weight excluding hydrogens is 443 g/mol. The number of hydrogen-bond donors (Lipinski definition) is 2. The van der Waals surface area contributed by atoms with Crippen molar-refractivity contribution in [2.24, 2.45) is 4.99 Å². The van der Waals surface area contributed by atoms with Gasteiger partial charge in [0.25, 0.3) is 0 Å². The van der Waals surface area contributed by atoms with Gasteiger partial charge in [0.05, 0.1) is 7.11 Å². The van der Waals surface area contributed by atoms with Crippen molar-refractivity contribution in [1.29, 1.82) is 0 Å². The number of guanidine groups is 1. The van der Waals surface area contributed by atoms with Gasteiger partial charge in [0.2, 0.25) is 5.91 Å². The molecule has 1 atom stereocenters. The third-order valence-electron chi connectivity index (χ3n) is 4.37. The molecule has 7 heteroatoms. The highest BCUT2D eigenvalue weighted by Gasteiger charge is 2.26. The summed E-state index contributed by atoms with van der Waals surface area (Å²) >= 11 is 0. The lowest BCUT2D eigenvalue weighted by Crippen LogP contribution is -2.41. The van der Waals surface area contributed by atoms with Crippen molar-refractivity contribution >= 4 is 35.8 Å². The standard InChI is InChI=1S/C19H30N4O2.HI/c1-14(2)22-18(24)9-11-21-19(20-3)23-12-10-16(13-23)15-5-7-17(25-4)8-6-15;/h5-8,14,16H,9-13H2,1-4H3,(H,20,21)(H,22,24);1H. The topological polar surface area (TPSA) is 66.0 Å². The summed E-state index contributed by atoms with van der Waals surface area (Å²) in [4.78, 5) is 18.3. The normalized spacial score (nSPS) is 17.0. The molecule has 0 aliphatic carbocycles. The van der Waals surface area contributed by atoms with Gasteiger partial charge in [-0.3, -0.25) is 9.79 Å². The predicted molar refractivity (Wildman–Crippen MR) is 117 cm³/mol. The van der Waals surface area contributed by atoms with Crippen LogP contribution < -0.4 is 15.4 Å². The molecule has 1 saturated heterocycles. The fourth-order valence-electron chi connectivity index (χ4n) is 3.12. The molecule has 1 aromatic rings. The van der Waals surface area contributed by atoms with Gasteiger partial charge in [-0.05, 0) is 38.0 Å². The summed E-state index contributed by atoms with van der Waals surface area (Å²) in [5, 5.41) is 6.20. The lowest BCUT2D eigenvalue weighted by molar-refractivity contribution is -0.121. The third kappa shape index (κ3) is 6.66. The van der Waals surface area contributed by atoms with Crippen molar-refractivity contribution < 1.29 is 9.53 Å². The molecule has 6 nitrogen and oxygen atoms in total. The molecule has 0 saturated carbocycles. The maximum Gasteiger partial charge on any atom is 0.221 e. The molecule has 0 bridgehead atoms. The number of benzene rings is 1. The lowest BCUT2D eigenvalue weighted by atomic mass is 9.98. The van der Waals surface area contributed by atoms with Crippen LogP contribution in [0.2, 0.25) is 0 Å². The van der Waals surface area contributed by atoms with E-state index in [0.29, 0.717) is 18.9 Å². The van der Waals surface area contributed by atoms with E-state index < -0.39 is 0 Å². The van der Waals surface area contributed by atoms with Crippen LogP contribution in [0.1, 0.15) is 38.2 Å². The summed E-state index contributed by atoms with van der Waals surface area (Å²) in [5.41, 5.74) is 1.33. The van der Waals surface area contributed by atoms with Crippen LogP contribution >= 0.6 is 24.0 Å². The molecule has 1 aliphatic heterocycles. The number of likely N-dealkylation sites (tertiary alicyclic amines) is 1.